The van der Waals surface area contributed by atoms with Gasteiger partial charge in [-0.3, -0.25) is 0 Å². The average Bonchev–Trinajstić information content (AvgIpc) is 3.38. The molecule has 0 atom stereocenters. The highest BCUT2D eigenvalue weighted by molar-refractivity contribution is 7.98. The summed E-state index contributed by atoms with van der Waals surface area (Å²) in [5, 5.41) is 12.7. The molecule has 1 N–H and O–H groups in total. The summed E-state index contributed by atoms with van der Waals surface area (Å²) in [6, 6.07) is 23.7. The summed E-state index contributed by atoms with van der Waals surface area (Å²) >= 11 is 1.72. The Bertz CT molecular complexity index is 1380. The van der Waals surface area contributed by atoms with Crippen LogP contribution in [-0.4, -0.2) is 33.5 Å². The van der Waals surface area contributed by atoms with Crippen LogP contribution in [0.3, 0.4) is 0 Å². The van der Waals surface area contributed by atoms with Crippen LogP contribution in [0.1, 0.15) is 5.56 Å². The fraction of sp³-hybridized carbons (Fsp3) is 0.120. The van der Waals surface area contributed by atoms with Gasteiger partial charge < -0.3 is 14.5 Å². The first-order chi connectivity index (χ1) is 16.2. The van der Waals surface area contributed by atoms with Crippen LogP contribution < -0.4 is 10.1 Å². The second kappa shape index (κ2) is 9.30. The van der Waals surface area contributed by atoms with Crippen molar-refractivity contribution in [3.05, 3.63) is 78.4 Å². The van der Waals surface area contributed by atoms with E-state index < -0.39 is 0 Å². The highest BCUT2D eigenvalue weighted by Gasteiger charge is 2.16. The van der Waals surface area contributed by atoms with E-state index in [-0.39, 0.29) is 5.89 Å². The highest BCUT2D eigenvalue weighted by atomic mass is 32.2. The second-order valence-corrected chi connectivity index (χ2v) is 8.14. The largest absolute Gasteiger partial charge is 0.497 e. The molecular formula is C25H21N5O2S. The van der Waals surface area contributed by atoms with Gasteiger partial charge in [-0.15, -0.1) is 22.0 Å². The number of ether oxygens (including phenoxy) is 1. The number of aromatic nitrogens is 4. The van der Waals surface area contributed by atoms with Crippen LogP contribution >= 0.6 is 11.8 Å². The van der Waals surface area contributed by atoms with Gasteiger partial charge in [0, 0.05) is 22.4 Å². The zero-order valence-corrected chi connectivity index (χ0v) is 19.0. The van der Waals surface area contributed by atoms with Gasteiger partial charge in [-0.2, -0.15) is 0 Å². The van der Waals surface area contributed by atoms with E-state index in [1.54, 1.807) is 18.9 Å². The van der Waals surface area contributed by atoms with Gasteiger partial charge in [0.2, 0.25) is 11.7 Å². The second-order valence-electron chi connectivity index (χ2n) is 7.26. The fourth-order valence-corrected chi connectivity index (χ4v) is 3.81. The Morgan fingerprint density at radius 1 is 0.879 bits per heavy atom. The number of fused-ring (bicyclic) bond motifs is 1. The Morgan fingerprint density at radius 2 is 1.64 bits per heavy atom. The molecule has 164 valence electrons. The standard InChI is InChI=1S/C25H21N5O2S/c1-31-18-11-9-17(10-12-18)24-29-30-25(32-24)23-27-21-6-4-3-5-20(21)22(28-23)26-15-16-7-13-19(33-2)14-8-16/h3-14H,15H2,1-2H3,(H,26,27,28). The van der Waals surface area contributed by atoms with E-state index in [2.05, 4.69) is 51.0 Å². The molecule has 0 saturated heterocycles. The molecule has 2 aromatic heterocycles. The van der Waals surface area contributed by atoms with Crippen molar-refractivity contribution in [1.29, 1.82) is 0 Å². The molecule has 7 nitrogen and oxygen atoms in total. The summed E-state index contributed by atoms with van der Waals surface area (Å²) in [6.07, 6.45) is 2.07. The summed E-state index contributed by atoms with van der Waals surface area (Å²) in [4.78, 5) is 10.6. The minimum absolute atomic E-state index is 0.263. The van der Waals surface area contributed by atoms with Gasteiger partial charge in [-0.05, 0) is 60.4 Å². The lowest BCUT2D eigenvalue weighted by Gasteiger charge is -2.10. The molecule has 5 rings (SSSR count). The molecule has 0 fully saturated rings. The van der Waals surface area contributed by atoms with Gasteiger partial charge in [0.1, 0.15) is 11.6 Å². The molecule has 0 aliphatic carbocycles. The van der Waals surface area contributed by atoms with E-state index in [0.717, 1.165) is 27.8 Å². The molecule has 0 unspecified atom stereocenters. The maximum atomic E-state index is 5.90. The average molecular weight is 456 g/mol. The molecule has 33 heavy (non-hydrogen) atoms. The molecule has 8 heteroatoms. The van der Waals surface area contributed by atoms with Crippen LogP contribution in [0.2, 0.25) is 0 Å². The predicted octanol–water partition coefficient (Wildman–Crippen LogP) is 5.69. The normalized spacial score (nSPS) is 11.0. The smallest absolute Gasteiger partial charge is 0.286 e. The zero-order valence-electron chi connectivity index (χ0n) is 18.1. The number of benzene rings is 3. The number of hydrogen-bond donors (Lipinski definition) is 1. The lowest BCUT2D eigenvalue weighted by atomic mass is 10.2. The first-order valence-electron chi connectivity index (χ1n) is 10.4. The molecule has 0 bridgehead atoms. The Kier molecular flexibility index (Phi) is 5.91. The molecule has 5 aromatic rings. The Labute approximate surface area is 195 Å². The molecule has 0 aliphatic heterocycles. The van der Waals surface area contributed by atoms with E-state index in [1.165, 1.54) is 4.90 Å². The van der Waals surface area contributed by atoms with Crippen molar-refractivity contribution >= 4 is 28.5 Å². The molecule has 0 amide bonds. The molecular weight excluding hydrogens is 434 g/mol. The number of nitrogens with one attached hydrogen (secondary N) is 1. The molecule has 0 spiro atoms. The van der Waals surface area contributed by atoms with E-state index in [0.29, 0.717) is 24.1 Å². The van der Waals surface area contributed by atoms with Gasteiger partial charge in [-0.1, -0.05) is 24.3 Å². The lowest BCUT2D eigenvalue weighted by Crippen LogP contribution is -2.04. The quantitative estimate of drug-likeness (QED) is 0.313. The summed E-state index contributed by atoms with van der Waals surface area (Å²) in [5.74, 6) is 2.51. The minimum atomic E-state index is 0.263. The third-order valence-corrected chi connectivity index (χ3v) is 5.92. The third-order valence-electron chi connectivity index (χ3n) is 5.18. The number of para-hydroxylation sites is 1. The highest BCUT2D eigenvalue weighted by Crippen LogP contribution is 2.28. The number of nitrogens with zero attached hydrogens (tertiary/aromatic N) is 4. The molecule has 0 radical (unpaired) electrons. The van der Waals surface area contributed by atoms with E-state index in [1.807, 2.05) is 48.5 Å². The molecule has 0 saturated carbocycles. The van der Waals surface area contributed by atoms with Crippen LogP contribution in [-0.2, 0) is 6.54 Å². The van der Waals surface area contributed by atoms with Gasteiger partial charge in [0.25, 0.3) is 5.89 Å². The summed E-state index contributed by atoms with van der Waals surface area (Å²) in [5.41, 5.74) is 2.76. The van der Waals surface area contributed by atoms with Crippen LogP contribution in [0, 0.1) is 0 Å². The Balaban J connectivity index is 1.45. The van der Waals surface area contributed by atoms with Crippen molar-refractivity contribution in [2.75, 3.05) is 18.7 Å². The van der Waals surface area contributed by atoms with Crippen molar-refractivity contribution in [3.63, 3.8) is 0 Å². The van der Waals surface area contributed by atoms with Crippen molar-refractivity contribution in [3.8, 4) is 28.9 Å². The number of anilines is 1. The minimum Gasteiger partial charge on any atom is -0.497 e. The fourth-order valence-electron chi connectivity index (χ4n) is 3.40. The van der Waals surface area contributed by atoms with Gasteiger partial charge >= 0.3 is 0 Å². The first kappa shape index (κ1) is 21.0. The van der Waals surface area contributed by atoms with E-state index >= 15 is 0 Å². The number of thioether (sulfide) groups is 1. The van der Waals surface area contributed by atoms with Crippen LogP contribution in [0.25, 0.3) is 34.1 Å². The lowest BCUT2D eigenvalue weighted by molar-refractivity contribution is 0.415. The van der Waals surface area contributed by atoms with Gasteiger partial charge in [-0.25, -0.2) is 9.97 Å². The summed E-state index contributed by atoms with van der Waals surface area (Å²) in [7, 11) is 1.63. The number of methoxy groups -OCH3 is 1. The van der Waals surface area contributed by atoms with Gasteiger partial charge in [0.05, 0.1) is 12.6 Å². The SMILES string of the molecule is COc1ccc(-c2nnc(-c3nc(NCc4ccc(SC)cc4)c4ccccc4n3)o2)cc1. The van der Waals surface area contributed by atoms with E-state index in [4.69, 9.17) is 14.1 Å². The first-order valence-corrected chi connectivity index (χ1v) is 11.6. The van der Waals surface area contributed by atoms with Crippen LogP contribution in [0.5, 0.6) is 5.75 Å². The van der Waals surface area contributed by atoms with Gasteiger partial charge in [0.15, 0.2) is 0 Å². The topological polar surface area (TPSA) is 86.0 Å². The van der Waals surface area contributed by atoms with Crippen LogP contribution in [0.4, 0.5) is 5.82 Å². The Hall–Kier alpha value is -3.91. The maximum Gasteiger partial charge on any atom is 0.286 e. The molecule has 2 heterocycles. The third kappa shape index (κ3) is 4.51. The maximum absolute atomic E-state index is 5.90. The summed E-state index contributed by atoms with van der Waals surface area (Å²) in [6.45, 7) is 0.635. The number of rotatable bonds is 7. The van der Waals surface area contributed by atoms with Crippen molar-refractivity contribution in [1.82, 2.24) is 20.2 Å². The number of hydrogen-bond acceptors (Lipinski definition) is 8. The predicted molar refractivity (Wildman–Crippen MR) is 130 cm³/mol. The monoisotopic (exact) mass is 455 g/mol. The molecule has 3 aromatic carbocycles. The van der Waals surface area contributed by atoms with Crippen molar-refractivity contribution in [2.24, 2.45) is 0 Å². The zero-order chi connectivity index (χ0) is 22.6. The van der Waals surface area contributed by atoms with Crippen LogP contribution in [0.15, 0.2) is 82.1 Å². The van der Waals surface area contributed by atoms with E-state index in [9.17, 15) is 0 Å². The summed E-state index contributed by atoms with van der Waals surface area (Å²) < 4.78 is 11.1. The van der Waals surface area contributed by atoms with Crippen molar-refractivity contribution in [2.45, 2.75) is 11.4 Å². The van der Waals surface area contributed by atoms with Crippen molar-refractivity contribution < 1.29 is 9.15 Å². The Morgan fingerprint density at radius 3 is 2.39 bits per heavy atom. The molecule has 0 aliphatic rings.